The maximum Gasteiger partial charge on any atom is 0.248 e. The summed E-state index contributed by atoms with van der Waals surface area (Å²) in [5.74, 6) is -2.50. The highest BCUT2D eigenvalue weighted by Crippen LogP contribution is 2.41. The topological polar surface area (TPSA) is 61.4 Å². The molecule has 0 bridgehead atoms. The SMILES string of the molecule is O=C(CS)NCC1CCN(C(=O)C2(Nc3ccc(Cl)cc3)CCC(F)(F)CC2)CC1. The summed E-state index contributed by atoms with van der Waals surface area (Å²) in [7, 11) is 0. The summed E-state index contributed by atoms with van der Waals surface area (Å²) in [5.41, 5.74) is -0.343. The smallest absolute Gasteiger partial charge is 0.248 e. The van der Waals surface area contributed by atoms with Gasteiger partial charge in [-0.3, -0.25) is 9.59 Å². The van der Waals surface area contributed by atoms with E-state index in [-0.39, 0.29) is 43.3 Å². The van der Waals surface area contributed by atoms with Crippen LogP contribution in [0.5, 0.6) is 0 Å². The van der Waals surface area contributed by atoms with Crippen LogP contribution in [0.1, 0.15) is 38.5 Å². The summed E-state index contributed by atoms with van der Waals surface area (Å²) in [4.78, 5) is 26.7. The van der Waals surface area contributed by atoms with Crippen molar-refractivity contribution in [2.75, 3.05) is 30.7 Å². The number of alkyl halides is 2. The maximum atomic E-state index is 13.9. The largest absolute Gasteiger partial charge is 0.371 e. The van der Waals surface area contributed by atoms with Crippen LogP contribution in [0.25, 0.3) is 0 Å². The Kier molecular flexibility index (Phi) is 7.50. The van der Waals surface area contributed by atoms with Crippen LogP contribution in [0.15, 0.2) is 24.3 Å². The van der Waals surface area contributed by atoms with Gasteiger partial charge in [0.1, 0.15) is 5.54 Å². The Labute approximate surface area is 186 Å². The number of hydrogen-bond acceptors (Lipinski definition) is 4. The van der Waals surface area contributed by atoms with Crippen molar-refractivity contribution in [1.82, 2.24) is 10.2 Å². The lowest BCUT2D eigenvalue weighted by Gasteiger charge is -2.44. The molecule has 2 N–H and O–H groups in total. The van der Waals surface area contributed by atoms with E-state index in [1.807, 2.05) is 0 Å². The van der Waals surface area contributed by atoms with E-state index in [0.717, 1.165) is 12.8 Å². The van der Waals surface area contributed by atoms with Crippen molar-refractivity contribution in [3.05, 3.63) is 29.3 Å². The quantitative estimate of drug-likeness (QED) is 0.564. The molecule has 2 fully saturated rings. The second-order valence-corrected chi connectivity index (χ2v) is 9.02. The molecule has 9 heteroatoms. The minimum atomic E-state index is -2.73. The third-order valence-corrected chi connectivity index (χ3v) is 6.64. The molecule has 0 unspecified atom stereocenters. The Morgan fingerprint density at radius 2 is 1.70 bits per heavy atom. The normalized spacial score (nSPS) is 21.1. The Bertz CT molecular complexity index is 745. The van der Waals surface area contributed by atoms with Gasteiger partial charge in [-0.25, -0.2) is 8.78 Å². The van der Waals surface area contributed by atoms with E-state index >= 15 is 0 Å². The number of amides is 2. The third kappa shape index (κ3) is 5.78. The average Bonchev–Trinajstić information content (AvgIpc) is 2.75. The molecule has 1 saturated carbocycles. The molecule has 1 aliphatic carbocycles. The Hall–Kier alpha value is -1.54. The second kappa shape index (κ2) is 9.73. The molecule has 30 heavy (non-hydrogen) atoms. The fourth-order valence-electron chi connectivity index (χ4n) is 4.20. The molecule has 0 atom stereocenters. The number of carbonyl (C=O) groups excluding carboxylic acids is 2. The molecule has 1 aromatic carbocycles. The van der Waals surface area contributed by atoms with Crippen LogP contribution in [0.4, 0.5) is 14.5 Å². The van der Waals surface area contributed by atoms with E-state index in [9.17, 15) is 18.4 Å². The number of carbonyl (C=O) groups is 2. The number of halogens is 3. The van der Waals surface area contributed by atoms with Crippen LogP contribution in [0.2, 0.25) is 5.02 Å². The lowest BCUT2D eigenvalue weighted by molar-refractivity contribution is -0.142. The molecule has 3 rings (SSSR count). The number of piperidine rings is 1. The van der Waals surface area contributed by atoms with Crippen LogP contribution in [0.3, 0.4) is 0 Å². The number of likely N-dealkylation sites (tertiary alicyclic amines) is 1. The zero-order valence-electron chi connectivity index (χ0n) is 16.8. The van der Waals surface area contributed by atoms with Crippen molar-refractivity contribution in [3.63, 3.8) is 0 Å². The molecule has 0 aromatic heterocycles. The fraction of sp³-hybridized carbons (Fsp3) is 0.619. The molecular weight excluding hydrogens is 432 g/mol. The highest BCUT2D eigenvalue weighted by Gasteiger charge is 2.49. The van der Waals surface area contributed by atoms with Gasteiger partial charge in [0.2, 0.25) is 17.7 Å². The van der Waals surface area contributed by atoms with Crippen molar-refractivity contribution in [3.8, 4) is 0 Å². The lowest BCUT2D eigenvalue weighted by atomic mass is 9.78. The van der Waals surface area contributed by atoms with Gasteiger partial charge in [-0.05, 0) is 55.9 Å². The summed E-state index contributed by atoms with van der Waals surface area (Å²) >= 11 is 9.89. The van der Waals surface area contributed by atoms with Crippen LogP contribution >= 0.6 is 24.2 Å². The zero-order valence-corrected chi connectivity index (χ0v) is 18.5. The first-order chi connectivity index (χ1) is 14.2. The Balaban J connectivity index is 1.67. The highest BCUT2D eigenvalue weighted by molar-refractivity contribution is 7.81. The Morgan fingerprint density at radius 3 is 2.27 bits per heavy atom. The summed E-state index contributed by atoms with van der Waals surface area (Å²) in [5, 5.41) is 6.68. The van der Waals surface area contributed by atoms with Crippen molar-refractivity contribution >= 4 is 41.7 Å². The van der Waals surface area contributed by atoms with Crippen molar-refractivity contribution in [2.45, 2.75) is 50.0 Å². The van der Waals surface area contributed by atoms with Gasteiger partial charge >= 0.3 is 0 Å². The van der Waals surface area contributed by atoms with Crippen molar-refractivity contribution in [1.29, 1.82) is 0 Å². The average molecular weight is 460 g/mol. The van der Waals surface area contributed by atoms with E-state index < -0.39 is 11.5 Å². The maximum absolute atomic E-state index is 13.9. The summed E-state index contributed by atoms with van der Waals surface area (Å²) < 4.78 is 27.7. The first-order valence-corrected chi connectivity index (χ1v) is 11.3. The van der Waals surface area contributed by atoms with E-state index in [1.165, 1.54) is 0 Å². The van der Waals surface area contributed by atoms with Gasteiger partial charge in [-0.2, -0.15) is 12.6 Å². The first-order valence-electron chi connectivity index (χ1n) is 10.3. The standard InChI is InChI=1S/C21H28ClF2N3O2S/c22-16-1-3-17(4-2-16)26-20(7-9-21(23,24)10-8-20)19(29)27-11-5-15(6-12-27)13-25-18(28)14-30/h1-4,15,26,30H,5-14H2,(H,25,28). The predicted octanol–water partition coefficient (Wildman–Crippen LogP) is 3.98. The summed E-state index contributed by atoms with van der Waals surface area (Å²) in [6, 6.07) is 6.95. The molecule has 0 spiro atoms. The molecule has 1 saturated heterocycles. The van der Waals surface area contributed by atoms with Gasteiger partial charge < -0.3 is 15.5 Å². The molecule has 1 aromatic rings. The minimum Gasteiger partial charge on any atom is -0.371 e. The number of nitrogens with zero attached hydrogens (tertiary/aromatic N) is 1. The molecule has 2 aliphatic rings. The van der Waals surface area contributed by atoms with Crippen LogP contribution < -0.4 is 10.6 Å². The van der Waals surface area contributed by atoms with Crippen molar-refractivity contribution in [2.24, 2.45) is 5.92 Å². The summed E-state index contributed by atoms with van der Waals surface area (Å²) in [6.45, 7) is 1.68. The molecule has 2 amide bonds. The highest BCUT2D eigenvalue weighted by atomic mass is 35.5. The molecule has 0 radical (unpaired) electrons. The van der Waals surface area contributed by atoms with Gasteiger partial charge in [0, 0.05) is 43.2 Å². The van der Waals surface area contributed by atoms with Gasteiger partial charge in [0.15, 0.2) is 0 Å². The molecule has 5 nitrogen and oxygen atoms in total. The van der Waals surface area contributed by atoms with Crippen molar-refractivity contribution < 1.29 is 18.4 Å². The van der Waals surface area contributed by atoms with Gasteiger partial charge in [0.05, 0.1) is 5.75 Å². The predicted molar refractivity (Wildman–Crippen MR) is 117 cm³/mol. The fourth-order valence-corrected chi connectivity index (χ4v) is 4.44. The number of nitrogens with one attached hydrogen (secondary N) is 2. The van der Waals surface area contributed by atoms with E-state index in [0.29, 0.717) is 36.3 Å². The first kappa shape index (κ1) is 23.1. The van der Waals surface area contributed by atoms with Gasteiger partial charge in [-0.15, -0.1) is 0 Å². The lowest BCUT2D eigenvalue weighted by Crippen LogP contribution is -2.58. The number of anilines is 1. The monoisotopic (exact) mass is 459 g/mol. The molecular formula is C21H28ClF2N3O2S. The Morgan fingerprint density at radius 1 is 1.10 bits per heavy atom. The second-order valence-electron chi connectivity index (χ2n) is 8.27. The van der Waals surface area contributed by atoms with Crippen LogP contribution in [-0.4, -0.2) is 53.6 Å². The minimum absolute atomic E-state index is 0.0827. The molecule has 1 aliphatic heterocycles. The zero-order chi connectivity index (χ0) is 21.8. The summed E-state index contributed by atoms with van der Waals surface area (Å²) in [6.07, 6.45) is 1.08. The van der Waals surface area contributed by atoms with E-state index in [1.54, 1.807) is 29.2 Å². The number of benzene rings is 1. The number of thiol groups is 1. The van der Waals surface area contributed by atoms with Gasteiger partial charge in [0.25, 0.3) is 0 Å². The van der Waals surface area contributed by atoms with E-state index in [2.05, 4.69) is 23.3 Å². The van der Waals surface area contributed by atoms with Gasteiger partial charge in [-0.1, -0.05) is 11.6 Å². The number of rotatable bonds is 6. The van der Waals surface area contributed by atoms with E-state index in [4.69, 9.17) is 11.6 Å². The van der Waals surface area contributed by atoms with Crippen LogP contribution in [0, 0.1) is 5.92 Å². The molecule has 1 heterocycles. The number of hydrogen-bond donors (Lipinski definition) is 3. The molecule has 166 valence electrons. The third-order valence-electron chi connectivity index (χ3n) is 6.11. The van der Waals surface area contributed by atoms with Crippen LogP contribution in [-0.2, 0) is 9.59 Å².